The molecule has 1 saturated heterocycles. The highest BCUT2D eigenvalue weighted by molar-refractivity contribution is 6.07. The molecule has 6 nitrogen and oxygen atoms in total. The molecule has 2 heterocycles. The Balaban J connectivity index is 1.50. The zero-order valence-corrected chi connectivity index (χ0v) is 17.7. The third-order valence-corrected chi connectivity index (χ3v) is 5.59. The molecular weight excluding hydrogens is 392 g/mol. The molecule has 0 spiro atoms. The van der Waals surface area contributed by atoms with Crippen LogP contribution in [0.3, 0.4) is 0 Å². The minimum atomic E-state index is -0.480. The lowest BCUT2D eigenvalue weighted by atomic mass is 10.1. The number of benzene rings is 2. The minimum Gasteiger partial charge on any atom is -0.497 e. The number of ether oxygens (including phenoxy) is 2. The van der Waals surface area contributed by atoms with Gasteiger partial charge < -0.3 is 19.1 Å². The molecule has 4 rings (SSSR count). The molecule has 31 heavy (non-hydrogen) atoms. The summed E-state index contributed by atoms with van der Waals surface area (Å²) in [4.78, 5) is 14.8. The van der Waals surface area contributed by atoms with Crippen LogP contribution in [0.5, 0.6) is 5.75 Å². The summed E-state index contributed by atoms with van der Waals surface area (Å²) >= 11 is 0. The van der Waals surface area contributed by atoms with Crippen LogP contribution in [0.25, 0.3) is 17.0 Å². The SMILES string of the molecule is COc1ccc(C(=O)/C=C/c2cn(C[C@H](O)CN3CCOCC3)c3ccccc23)cc1. The van der Waals surface area contributed by atoms with Crippen LogP contribution in [0.1, 0.15) is 15.9 Å². The van der Waals surface area contributed by atoms with Gasteiger partial charge in [-0.25, -0.2) is 0 Å². The van der Waals surface area contributed by atoms with E-state index in [1.807, 2.05) is 36.5 Å². The highest BCUT2D eigenvalue weighted by Crippen LogP contribution is 2.23. The van der Waals surface area contributed by atoms with Gasteiger partial charge in [0.15, 0.2) is 5.78 Å². The first kappa shape index (κ1) is 21.3. The smallest absolute Gasteiger partial charge is 0.185 e. The van der Waals surface area contributed by atoms with Crippen LogP contribution < -0.4 is 4.74 Å². The highest BCUT2D eigenvalue weighted by Gasteiger charge is 2.16. The number of hydrogen-bond acceptors (Lipinski definition) is 5. The van der Waals surface area contributed by atoms with Crippen LogP contribution in [0.15, 0.2) is 60.8 Å². The maximum Gasteiger partial charge on any atom is 0.185 e. The quantitative estimate of drug-likeness (QED) is 0.448. The molecule has 1 aliphatic rings. The van der Waals surface area contributed by atoms with Crippen molar-refractivity contribution in [1.29, 1.82) is 0 Å². The Morgan fingerprint density at radius 2 is 1.87 bits per heavy atom. The molecule has 1 fully saturated rings. The number of nitrogens with zero attached hydrogens (tertiary/aromatic N) is 2. The number of para-hydroxylation sites is 1. The molecule has 1 atom stereocenters. The number of β-amino-alcohol motifs (C(OH)–C–C–N with tert-alkyl or cyclic N) is 1. The standard InChI is InChI=1S/C25H28N2O4/c1-30-22-9-6-19(7-10-22)25(29)11-8-20-16-27(24-5-3-2-4-23(20)24)18-21(28)17-26-12-14-31-15-13-26/h2-11,16,21,28H,12-15,17-18H2,1H3/b11-8+/t21-/m1/s1. The van der Waals surface area contributed by atoms with Gasteiger partial charge in [-0.3, -0.25) is 9.69 Å². The molecule has 162 valence electrons. The van der Waals surface area contributed by atoms with Gasteiger partial charge in [0.25, 0.3) is 0 Å². The number of ketones is 1. The van der Waals surface area contributed by atoms with Crippen LogP contribution in [0.4, 0.5) is 0 Å². The lowest BCUT2D eigenvalue weighted by Gasteiger charge is -2.28. The number of methoxy groups -OCH3 is 1. The third-order valence-electron chi connectivity index (χ3n) is 5.59. The molecule has 3 aromatic rings. The fraction of sp³-hybridized carbons (Fsp3) is 0.320. The van der Waals surface area contributed by atoms with Crippen molar-refractivity contribution in [3.63, 3.8) is 0 Å². The van der Waals surface area contributed by atoms with E-state index in [1.54, 1.807) is 37.5 Å². The number of carbonyl (C=O) groups is 1. The summed E-state index contributed by atoms with van der Waals surface area (Å²) in [6.45, 7) is 4.26. The van der Waals surface area contributed by atoms with Gasteiger partial charge in [0.1, 0.15) is 5.75 Å². The zero-order valence-electron chi connectivity index (χ0n) is 17.7. The molecule has 1 aromatic heterocycles. The van der Waals surface area contributed by atoms with Crippen molar-refractivity contribution < 1.29 is 19.4 Å². The summed E-state index contributed by atoms with van der Waals surface area (Å²) < 4.78 is 12.6. The molecule has 1 aliphatic heterocycles. The van der Waals surface area contributed by atoms with Crippen LogP contribution in [0.2, 0.25) is 0 Å². The van der Waals surface area contributed by atoms with Crippen LogP contribution >= 0.6 is 0 Å². The van der Waals surface area contributed by atoms with E-state index in [-0.39, 0.29) is 5.78 Å². The molecular formula is C25H28N2O4. The maximum absolute atomic E-state index is 12.6. The van der Waals surface area contributed by atoms with E-state index >= 15 is 0 Å². The fourth-order valence-corrected chi connectivity index (χ4v) is 3.94. The van der Waals surface area contributed by atoms with Crippen LogP contribution in [-0.2, 0) is 11.3 Å². The lowest BCUT2D eigenvalue weighted by Crippen LogP contribution is -2.41. The second kappa shape index (κ2) is 9.92. The summed E-state index contributed by atoms with van der Waals surface area (Å²) in [5.74, 6) is 0.658. The highest BCUT2D eigenvalue weighted by atomic mass is 16.5. The number of fused-ring (bicyclic) bond motifs is 1. The van der Waals surface area contributed by atoms with Gasteiger partial charge >= 0.3 is 0 Å². The molecule has 0 radical (unpaired) electrons. The normalized spacial score (nSPS) is 16.1. The first-order valence-electron chi connectivity index (χ1n) is 10.6. The van der Waals surface area contributed by atoms with E-state index in [1.165, 1.54) is 0 Å². The van der Waals surface area contributed by atoms with E-state index in [0.29, 0.717) is 18.7 Å². The number of aliphatic hydroxyl groups excluding tert-OH is 1. The first-order chi connectivity index (χ1) is 15.1. The van der Waals surface area contributed by atoms with Crippen LogP contribution in [-0.4, -0.2) is 66.4 Å². The van der Waals surface area contributed by atoms with Gasteiger partial charge in [0.2, 0.25) is 0 Å². The Morgan fingerprint density at radius 3 is 2.61 bits per heavy atom. The van der Waals surface area contributed by atoms with Gasteiger partial charge in [-0.2, -0.15) is 0 Å². The van der Waals surface area contributed by atoms with Gasteiger partial charge in [-0.15, -0.1) is 0 Å². The van der Waals surface area contributed by atoms with Crippen molar-refractivity contribution in [2.75, 3.05) is 40.0 Å². The molecule has 0 amide bonds. The number of aliphatic hydroxyl groups is 1. The largest absolute Gasteiger partial charge is 0.497 e. The van der Waals surface area contributed by atoms with Gasteiger partial charge in [0.05, 0.1) is 26.4 Å². The van der Waals surface area contributed by atoms with Crippen molar-refractivity contribution in [3.05, 3.63) is 71.9 Å². The van der Waals surface area contributed by atoms with Gasteiger partial charge in [-0.05, 0) is 42.5 Å². The van der Waals surface area contributed by atoms with Crippen molar-refractivity contribution in [2.45, 2.75) is 12.6 Å². The number of hydrogen-bond donors (Lipinski definition) is 1. The topological polar surface area (TPSA) is 63.9 Å². The van der Waals surface area contributed by atoms with Crippen molar-refractivity contribution in [1.82, 2.24) is 9.47 Å². The number of allylic oxidation sites excluding steroid dienone is 1. The Morgan fingerprint density at radius 1 is 1.13 bits per heavy atom. The van der Waals surface area contributed by atoms with E-state index < -0.39 is 6.10 Å². The summed E-state index contributed by atoms with van der Waals surface area (Å²) in [6.07, 6.45) is 4.97. The Kier molecular flexibility index (Phi) is 6.82. The summed E-state index contributed by atoms with van der Waals surface area (Å²) in [5.41, 5.74) is 2.61. The van der Waals surface area contributed by atoms with E-state index in [4.69, 9.17) is 9.47 Å². The van der Waals surface area contributed by atoms with Gasteiger partial charge in [0, 0.05) is 54.4 Å². The second-order valence-electron chi connectivity index (χ2n) is 7.75. The molecule has 0 unspecified atom stereocenters. The predicted octanol–water partition coefficient (Wildman–Crippen LogP) is 3.24. The monoisotopic (exact) mass is 420 g/mol. The molecule has 1 N–H and O–H groups in total. The molecule has 6 heteroatoms. The molecule has 0 aliphatic carbocycles. The number of morpholine rings is 1. The summed E-state index contributed by atoms with van der Waals surface area (Å²) in [6, 6.07) is 15.1. The Bertz CT molecular complexity index is 1050. The third kappa shape index (κ3) is 5.22. The second-order valence-corrected chi connectivity index (χ2v) is 7.75. The van der Waals surface area contributed by atoms with Crippen LogP contribution in [0, 0.1) is 0 Å². The average Bonchev–Trinajstić information content (AvgIpc) is 3.15. The number of aromatic nitrogens is 1. The summed E-state index contributed by atoms with van der Waals surface area (Å²) in [7, 11) is 1.60. The molecule has 0 bridgehead atoms. The van der Waals surface area contributed by atoms with Crippen molar-refractivity contribution >= 4 is 22.8 Å². The molecule has 0 saturated carbocycles. The minimum absolute atomic E-state index is 0.0631. The first-order valence-corrected chi connectivity index (χ1v) is 10.6. The Hall–Kier alpha value is -2.93. The predicted molar refractivity (Wildman–Crippen MR) is 122 cm³/mol. The average molecular weight is 421 g/mol. The van der Waals surface area contributed by atoms with Crippen molar-refractivity contribution in [3.8, 4) is 5.75 Å². The van der Waals surface area contributed by atoms with Crippen molar-refractivity contribution in [2.24, 2.45) is 0 Å². The van der Waals surface area contributed by atoms with E-state index in [2.05, 4.69) is 9.47 Å². The molecule has 2 aromatic carbocycles. The number of rotatable bonds is 8. The fourth-order valence-electron chi connectivity index (χ4n) is 3.94. The van der Waals surface area contributed by atoms with Gasteiger partial charge in [-0.1, -0.05) is 18.2 Å². The van der Waals surface area contributed by atoms with E-state index in [9.17, 15) is 9.90 Å². The maximum atomic E-state index is 12.6. The van der Waals surface area contributed by atoms with E-state index in [0.717, 1.165) is 48.5 Å². The zero-order chi connectivity index (χ0) is 21.6. The lowest BCUT2D eigenvalue weighted by molar-refractivity contribution is 0.0117. The Labute approximate surface area is 182 Å². The summed E-state index contributed by atoms with van der Waals surface area (Å²) in [5, 5.41) is 11.7. The number of carbonyl (C=O) groups excluding carboxylic acids is 1.